The molecule has 3 aromatic rings. The molecule has 0 unspecified atom stereocenters. The lowest BCUT2D eigenvalue weighted by molar-refractivity contribution is 0.0944. The Morgan fingerprint density at radius 1 is 1.32 bits per heavy atom. The highest BCUT2D eigenvalue weighted by molar-refractivity contribution is 5.97. The fourth-order valence-corrected chi connectivity index (χ4v) is 1.90. The van der Waals surface area contributed by atoms with E-state index < -0.39 is 0 Å². The summed E-state index contributed by atoms with van der Waals surface area (Å²) in [5, 5.41) is 3.39. The summed E-state index contributed by atoms with van der Waals surface area (Å²) in [5.41, 5.74) is 1.12. The number of benzene rings is 1. The van der Waals surface area contributed by atoms with Crippen LogP contribution in [0.3, 0.4) is 0 Å². The van der Waals surface area contributed by atoms with Gasteiger partial charge in [-0.05, 0) is 36.4 Å². The van der Waals surface area contributed by atoms with Crippen LogP contribution in [-0.2, 0) is 6.54 Å². The van der Waals surface area contributed by atoms with Crippen molar-refractivity contribution in [3.05, 3.63) is 59.9 Å². The molecule has 0 spiro atoms. The zero-order valence-electron chi connectivity index (χ0n) is 9.94. The summed E-state index contributed by atoms with van der Waals surface area (Å²) in [6.07, 6.45) is 1.55. The maximum absolute atomic E-state index is 13.1. The van der Waals surface area contributed by atoms with E-state index in [0.29, 0.717) is 23.4 Å². The topological polar surface area (TPSA) is 58.0 Å². The molecule has 4 nitrogen and oxygen atoms in total. The van der Waals surface area contributed by atoms with E-state index in [1.807, 2.05) is 0 Å². The van der Waals surface area contributed by atoms with Gasteiger partial charge in [-0.3, -0.25) is 4.79 Å². The van der Waals surface area contributed by atoms with Gasteiger partial charge in [0.15, 0.2) is 0 Å². The second kappa shape index (κ2) is 4.61. The Bertz CT molecular complexity index is 716. The van der Waals surface area contributed by atoms with Crippen molar-refractivity contribution in [3.8, 4) is 0 Å². The molecular weight excluding hydrogens is 247 g/mol. The Hall–Kier alpha value is -2.56. The number of carbonyl (C=O) groups excluding carboxylic acids is 1. The van der Waals surface area contributed by atoms with Crippen LogP contribution in [0.5, 0.6) is 0 Å². The number of aromatic nitrogens is 1. The van der Waals surface area contributed by atoms with Gasteiger partial charge in [-0.1, -0.05) is 0 Å². The first-order valence-corrected chi connectivity index (χ1v) is 5.81. The van der Waals surface area contributed by atoms with Crippen LogP contribution in [-0.4, -0.2) is 10.9 Å². The zero-order valence-corrected chi connectivity index (χ0v) is 9.94. The molecule has 0 bridgehead atoms. The fourth-order valence-electron chi connectivity index (χ4n) is 1.90. The quantitative estimate of drug-likeness (QED) is 0.759. The Labute approximate surface area is 108 Å². The maximum atomic E-state index is 13.1. The molecule has 1 aromatic carbocycles. The van der Waals surface area contributed by atoms with Gasteiger partial charge in [0.2, 0.25) is 0 Å². The molecule has 5 heteroatoms. The second-order valence-corrected chi connectivity index (χ2v) is 4.18. The number of hydrogen-bond donors (Lipinski definition) is 2. The molecular formula is C14H11FN2O2. The first-order chi connectivity index (χ1) is 9.22. The van der Waals surface area contributed by atoms with Crippen LogP contribution in [0.1, 0.15) is 16.2 Å². The number of halogens is 1. The summed E-state index contributed by atoms with van der Waals surface area (Å²) in [4.78, 5) is 14.9. The van der Waals surface area contributed by atoms with E-state index in [4.69, 9.17) is 4.42 Å². The molecule has 0 aliphatic carbocycles. The van der Waals surface area contributed by atoms with Crippen molar-refractivity contribution in [2.75, 3.05) is 0 Å². The number of nitrogens with one attached hydrogen (secondary N) is 2. The van der Waals surface area contributed by atoms with Crippen LogP contribution < -0.4 is 5.32 Å². The highest BCUT2D eigenvalue weighted by Gasteiger charge is 2.10. The van der Waals surface area contributed by atoms with Gasteiger partial charge < -0.3 is 14.7 Å². The minimum Gasteiger partial charge on any atom is -0.467 e. The molecule has 0 aliphatic rings. The van der Waals surface area contributed by atoms with Gasteiger partial charge in [0, 0.05) is 10.9 Å². The molecule has 0 atom stereocenters. The molecule has 0 fully saturated rings. The van der Waals surface area contributed by atoms with E-state index >= 15 is 0 Å². The van der Waals surface area contributed by atoms with Crippen molar-refractivity contribution in [1.29, 1.82) is 0 Å². The van der Waals surface area contributed by atoms with Gasteiger partial charge in [0.05, 0.1) is 12.8 Å². The van der Waals surface area contributed by atoms with Crippen LogP contribution in [0, 0.1) is 5.82 Å². The molecule has 96 valence electrons. The van der Waals surface area contributed by atoms with E-state index in [0.717, 1.165) is 5.52 Å². The SMILES string of the molecule is O=C(NCc1ccco1)c1cc2cc(F)ccc2[nH]1. The second-order valence-electron chi connectivity index (χ2n) is 4.18. The molecule has 0 aliphatic heterocycles. The Morgan fingerprint density at radius 3 is 3.00 bits per heavy atom. The van der Waals surface area contributed by atoms with Crippen molar-refractivity contribution in [2.45, 2.75) is 6.54 Å². The highest BCUT2D eigenvalue weighted by atomic mass is 19.1. The average molecular weight is 258 g/mol. The van der Waals surface area contributed by atoms with Gasteiger partial charge in [0.1, 0.15) is 17.3 Å². The van der Waals surface area contributed by atoms with Crippen LogP contribution in [0.15, 0.2) is 47.1 Å². The molecule has 2 N–H and O–H groups in total. The lowest BCUT2D eigenvalue weighted by Gasteiger charge is -2.00. The predicted octanol–water partition coefficient (Wildman–Crippen LogP) is 2.83. The van der Waals surface area contributed by atoms with E-state index in [-0.39, 0.29) is 11.7 Å². The summed E-state index contributed by atoms with van der Waals surface area (Å²) in [7, 11) is 0. The molecule has 2 aromatic heterocycles. The Balaban J connectivity index is 1.77. The number of furan rings is 1. The summed E-state index contributed by atoms with van der Waals surface area (Å²) >= 11 is 0. The maximum Gasteiger partial charge on any atom is 0.268 e. The Morgan fingerprint density at radius 2 is 2.21 bits per heavy atom. The first kappa shape index (κ1) is 11.5. The van der Waals surface area contributed by atoms with Gasteiger partial charge in [-0.2, -0.15) is 0 Å². The summed E-state index contributed by atoms with van der Waals surface area (Å²) < 4.78 is 18.2. The van der Waals surface area contributed by atoms with E-state index in [9.17, 15) is 9.18 Å². The smallest absolute Gasteiger partial charge is 0.268 e. The number of hydrogen-bond acceptors (Lipinski definition) is 2. The van der Waals surface area contributed by atoms with Gasteiger partial charge in [-0.25, -0.2) is 4.39 Å². The zero-order chi connectivity index (χ0) is 13.2. The van der Waals surface area contributed by atoms with Gasteiger partial charge >= 0.3 is 0 Å². The van der Waals surface area contributed by atoms with Crippen molar-refractivity contribution in [3.63, 3.8) is 0 Å². The molecule has 2 heterocycles. The van der Waals surface area contributed by atoms with Crippen LogP contribution in [0.4, 0.5) is 4.39 Å². The minimum absolute atomic E-state index is 0.256. The van der Waals surface area contributed by atoms with Crippen molar-refractivity contribution >= 4 is 16.8 Å². The van der Waals surface area contributed by atoms with E-state index in [2.05, 4.69) is 10.3 Å². The number of rotatable bonds is 3. The van der Waals surface area contributed by atoms with E-state index in [1.54, 1.807) is 30.5 Å². The third kappa shape index (κ3) is 2.35. The predicted molar refractivity (Wildman–Crippen MR) is 68.1 cm³/mol. The standard InChI is InChI=1S/C14H11FN2O2/c15-10-3-4-12-9(6-10)7-13(17-12)14(18)16-8-11-2-1-5-19-11/h1-7,17H,8H2,(H,16,18). The molecule has 0 saturated heterocycles. The van der Waals surface area contributed by atoms with Crippen LogP contribution >= 0.6 is 0 Å². The number of carbonyl (C=O) groups is 1. The summed E-state index contributed by atoms with van der Waals surface area (Å²) in [6, 6.07) is 9.50. The summed E-state index contributed by atoms with van der Waals surface area (Å²) in [5.74, 6) is 0.0950. The van der Waals surface area contributed by atoms with Gasteiger partial charge in [-0.15, -0.1) is 0 Å². The van der Waals surface area contributed by atoms with Crippen molar-refractivity contribution in [1.82, 2.24) is 10.3 Å². The number of aromatic amines is 1. The largest absolute Gasteiger partial charge is 0.467 e. The van der Waals surface area contributed by atoms with Crippen molar-refractivity contribution in [2.24, 2.45) is 0 Å². The van der Waals surface area contributed by atoms with Crippen LogP contribution in [0.2, 0.25) is 0 Å². The number of fused-ring (bicyclic) bond motifs is 1. The normalized spacial score (nSPS) is 10.8. The summed E-state index contributed by atoms with van der Waals surface area (Å²) in [6.45, 7) is 0.315. The first-order valence-electron chi connectivity index (χ1n) is 5.81. The lowest BCUT2D eigenvalue weighted by atomic mass is 10.2. The molecule has 0 saturated carbocycles. The van der Waals surface area contributed by atoms with Crippen LogP contribution in [0.25, 0.3) is 10.9 Å². The third-order valence-electron chi connectivity index (χ3n) is 2.83. The minimum atomic E-state index is -0.325. The number of H-pyrrole nitrogens is 1. The molecule has 3 rings (SSSR count). The van der Waals surface area contributed by atoms with Crippen molar-refractivity contribution < 1.29 is 13.6 Å². The van der Waals surface area contributed by atoms with Gasteiger partial charge in [0.25, 0.3) is 5.91 Å². The Kier molecular flexibility index (Phi) is 2.79. The highest BCUT2D eigenvalue weighted by Crippen LogP contribution is 2.16. The number of amides is 1. The molecule has 1 amide bonds. The fraction of sp³-hybridized carbons (Fsp3) is 0.0714. The average Bonchev–Trinajstić information content (AvgIpc) is 3.04. The van der Waals surface area contributed by atoms with E-state index in [1.165, 1.54) is 12.1 Å². The monoisotopic (exact) mass is 258 g/mol. The third-order valence-corrected chi connectivity index (χ3v) is 2.83. The molecule has 19 heavy (non-hydrogen) atoms. The lowest BCUT2D eigenvalue weighted by Crippen LogP contribution is -2.22. The molecule has 0 radical (unpaired) electrons.